The molecule has 15 heavy (non-hydrogen) atoms. The van der Waals surface area contributed by atoms with Crippen LogP contribution < -0.4 is 0 Å². The molecule has 0 saturated heterocycles. The molecule has 0 aliphatic carbocycles. The Hall–Kier alpha value is -0.653. The van der Waals surface area contributed by atoms with Crippen LogP contribution in [0.1, 0.15) is 20.8 Å². The van der Waals surface area contributed by atoms with E-state index in [-0.39, 0.29) is 12.3 Å². The smallest absolute Gasteiger partial charge is 0.374 e. The van der Waals surface area contributed by atoms with Crippen molar-refractivity contribution in [3.8, 4) is 0 Å². The molecule has 0 aromatic carbocycles. The summed E-state index contributed by atoms with van der Waals surface area (Å²) in [7, 11) is -2.38. The van der Waals surface area contributed by atoms with Crippen molar-refractivity contribution in [3.05, 3.63) is 12.7 Å². The van der Waals surface area contributed by atoms with Crippen molar-refractivity contribution < 1.29 is 18.4 Å². The average Bonchev–Trinajstić information content (AvgIpc) is 2.13. The summed E-state index contributed by atoms with van der Waals surface area (Å²) in [5.74, 6) is -0.444. The van der Waals surface area contributed by atoms with Crippen LogP contribution >= 0.6 is 0 Å². The van der Waals surface area contributed by atoms with Gasteiger partial charge in [-0.2, -0.15) is 0 Å². The molecule has 0 rings (SSSR count). The highest BCUT2D eigenvalue weighted by Crippen LogP contribution is 2.11. The zero-order chi connectivity index (χ0) is 11.9. The fourth-order valence-corrected chi connectivity index (χ4v) is 3.41. The van der Waals surface area contributed by atoms with Crippen molar-refractivity contribution in [2.45, 2.75) is 33.4 Å². The quantitative estimate of drug-likeness (QED) is 0.381. The van der Waals surface area contributed by atoms with Gasteiger partial charge in [0.1, 0.15) is 6.23 Å². The molecule has 1 atom stereocenters. The van der Waals surface area contributed by atoms with Crippen LogP contribution in [-0.2, 0) is 18.4 Å². The van der Waals surface area contributed by atoms with Crippen LogP contribution in [0.3, 0.4) is 0 Å². The summed E-state index contributed by atoms with van der Waals surface area (Å²) in [5.41, 5.74) is 0. The summed E-state index contributed by atoms with van der Waals surface area (Å²) in [6, 6.07) is 0. The summed E-state index contributed by atoms with van der Waals surface area (Å²) in [6.45, 7) is 11.5. The maximum Gasteiger partial charge on any atom is 0.374 e. The highest BCUT2D eigenvalue weighted by atomic mass is 28.4. The monoisotopic (exact) mass is 232 g/mol. The van der Waals surface area contributed by atoms with Gasteiger partial charge in [0.15, 0.2) is 0 Å². The predicted octanol–water partition coefficient (Wildman–Crippen LogP) is 1.79. The molecule has 1 unspecified atom stereocenters. The number of hydrogen-bond acceptors (Lipinski definition) is 4. The molecular weight excluding hydrogens is 212 g/mol. The SMILES string of the molecule is C=CC(=O)OC[Si](C)(OCC)OC(C)C. The van der Waals surface area contributed by atoms with E-state index in [1.807, 2.05) is 27.3 Å². The Morgan fingerprint density at radius 2 is 2.13 bits per heavy atom. The van der Waals surface area contributed by atoms with Crippen molar-refractivity contribution in [2.24, 2.45) is 0 Å². The molecule has 0 N–H and O–H groups in total. The number of ether oxygens (including phenoxy) is 1. The standard InChI is InChI=1S/C10H20O4Si/c1-6-10(11)12-8-15(5,13-7-2)14-9(3)4/h6,9H,1,7-8H2,2-5H3. The molecule has 4 nitrogen and oxygen atoms in total. The minimum absolute atomic E-state index is 0.0654. The molecule has 0 bridgehead atoms. The summed E-state index contributed by atoms with van der Waals surface area (Å²) in [5, 5.41) is 0. The largest absolute Gasteiger partial charge is 0.461 e. The summed E-state index contributed by atoms with van der Waals surface area (Å²) in [6.07, 6.45) is 1.40. The summed E-state index contributed by atoms with van der Waals surface area (Å²) in [4.78, 5) is 10.9. The van der Waals surface area contributed by atoms with E-state index in [4.69, 9.17) is 13.6 Å². The molecule has 5 heteroatoms. The molecule has 0 spiro atoms. The van der Waals surface area contributed by atoms with Gasteiger partial charge in [0.05, 0.1) is 0 Å². The Labute approximate surface area is 92.5 Å². The summed E-state index contributed by atoms with van der Waals surface area (Å²) >= 11 is 0. The van der Waals surface area contributed by atoms with Gasteiger partial charge in [0.2, 0.25) is 0 Å². The van der Waals surface area contributed by atoms with Crippen LogP contribution in [-0.4, -0.2) is 33.5 Å². The lowest BCUT2D eigenvalue weighted by Crippen LogP contribution is -2.46. The predicted molar refractivity (Wildman–Crippen MR) is 60.6 cm³/mol. The molecule has 0 aromatic heterocycles. The first-order chi connectivity index (χ1) is 6.93. The topological polar surface area (TPSA) is 44.8 Å². The molecule has 0 radical (unpaired) electrons. The second-order valence-corrected chi connectivity index (χ2v) is 6.63. The fraction of sp³-hybridized carbons (Fsp3) is 0.700. The zero-order valence-electron chi connectivity index (χ0n) is 9.91. The van der Waals surface area contributed by atoms with E-state index in [2.05, 4.69) is 6.58 Å². The molecule has 0 heterocycles. The first-order valence-corrected chi connectivity index (χ1v) is 7.57. The maximum absolute atomic E-state index is 10.9. The third-order valence-electron chi connectivity index (χ3n) is 1.58. The van der Waals surface area contributed by atoms with Crippen LogP contribution in [0.5, 0.6) is 0 Å². The zero-order valence-corrected chi connectivity index (χ0v) is 10.9. The molecule has 88 valence electrons. The lowest BCUT2D eigenvalue weighted by Gasteiger charge is -2.27. The van der Waals surface area contributed by atoms with E-state index in [9.17, 15) is 4.79 Å². The lowest BCUT2D eigenvalue weighted by atomic mass is 10.5. The Kier molecular flexibility index (Phi) is 6.47. The minimum atomic E-state index is -2.38. The molecule has 0 aliphatic heterocycles. The Morgan fingerprint density at radius 3 is 2.53 bits per heavy atom. The van der Waals surface area contributed by atoms with Crippen molar-refractivity contribution in [1.29, 1.82) is 0 Å². The van der Waals surface area contributed by atoms with Crippen molar-refractivity contribution in [2.75, 3.05) is 12.8 Å². The van der Waals surface area contributed by atoms with Crippen molar-refractivity contribution in [1.82, 2.24) is 0 Å². The van der Waals surface area contributed by atoms with Gasteiger partial charge in [-0.1, -0.05) is 6.58 Å². The second-order valence-electron chi connectivity index (χ2n) is 3.55. The Bertz CT molecular complexity index is 217. The number of esters is 1. The van der Waals surface area contributed by atoms with Crippen LogP contribution in [0.2, 0.25) is 6.55 Å². The van der Waals surface area contributed by atoms with Crippen LogP contribution in [0.4, 0.5) is 0 Å². The maximum atomic E-state index is 10.9. The van der Waals surface area contributed by atoms with E-state index >= 15 is 0 Å². The molecule has 0 aromatic rings. The second kappa shape index (κ2) is 6.76. The third kappa shape index (κ3) is 6.43. The van der Waals surface area contributed by atoms with Crippen LogP contribution in [0.15, 0.2) is 12.7 Å². The van der Waals surface area contributed by atoms with Gasteiger partial charge >= 0.3 is 14.5 Å². The normalized spacial score (nSPS) is 14.7. The van der Waals surface area contributed by atoms with Crippen LogP contribution in [0, 0.1) is 0 Å². The van der Waals surface area contributed by atoms with Gasteiger partial charge in [0.25, 0.3) is 0 Å². The van der Waals surface area contributed by atoms with Gasteiger partial charge in [-0.15, -0.1) is 0 Å². The van der Waals surface area contributed by atoms with E-state index in [0.29, 0.717) is 6.61 Å². The van der Waals surface area contributed by atoms with Crippen LogP contribution in [0.25, 0.3) is 0 Å². The van der Waals surface area contributed by atoms with Crippen molar-refractivity contribution in [3.63, 3.8) is 0 Å². The highest BCUT2D eigenvalue weighted by molar-refractivity contribution is 6.66. The number of carbonyl (C=O) groups is 1. The van der Waals surface area contributed by atoms with E-state index < -0.39 is 14.5 Å². The first-order valence-electron chi connectivity index (χ1n) is 5.04. The van der Waals surface area contributed by atoms with Gasteiger partial charge in [-0.05, 0) is 27.3 Å². The van der Waals surface area contributed by atoms with Gasteiger partial charge in [0, 0.05) is 18.8 Å². The Balaban J connectivity index is 4.23. The molecule has 0 saturated carbocycles. The van der Waals surface area contributed by atoms with E-state index in [1.54, 1.807) is 0 Å². The van der Waals surface area contributed by atoms with Gasteiger partial charge in [-0.25, -0.2) is 4.79 Å². The van der Waals surface area contributed by atoms with Gasteiger partial charge < -0.3 is 13.6 Å². The molecule has 0 amide bonds. The number of carbonyl (C=O) groups excluding carboxylic acids is 1. The molecular formula is C10H20O4Si. The summed E-state index contributed by atoms with van der Waals surface area (Å²) < 4.78 is 16.2. The molecule has 0 aliphatic rings. The van der Waals surface area contributed by atoms with Gasteiger partial charge in [-0.3, -0.25) is 0 Å². The minimum Gasteiger partial charge on any atom is -0.461 e. The highest BCUT2D eigenvalue weighted by Gasteiger charge is 2.34. The van der Waals surface area contributed by atoms with E-state index in [1.165, 1.54) is 0 Å². The molecule has 0 fully saturated rings. The fourth-order valence-electron chi connectivity index (χ4n) is 1.17. The Morgan fingerprint density at radius 1 is 1.53 bits per heavy atom. The number of rotatable bonds is 7. The van der Waals surface area contributed by atoms with E-state index in [0.717, 1.165) is 6.08 Å². The lowest BCUT2D eigenvalue weighted by molar-refractivity contribution is -0.136. The van der Waals surface area contributed by atoms with Crippen molar-refractivity contribution >= 4 is 14.5 Å². The third-order valence-corrected chi connectivity index (χ3v) is 4.12. The number of hydrogen-bond donors (Lipinski definition) is 0. The first kappa shape index (κ1) is 14.3. The average molecular weight is 232 g/mol.